The molecule has 0 aliphatic heterocycles. The molecule has 0 aliphatic rings. The van der Waals surface area contributed by atoms with Gasteiger partial charge in [-0.1, -0.05) is 18.6 Å². The molecule has 1 heterocycles. The molecule has 0 saturated heterocycles. The van der Waals surface area contributed by atoms with Crippen molar-refractivity contribution in [3.63, 3.8) is 0 Å². The van der Waals surface area contributed by atoms with E-state index in [-0.39, 0.29) is 23.9 Å². The number of nitrogens with one attached hydrogen (secondary N) is 4. The fourth-order valence-corrected chi connectivity index (χ4v) is 2.99. The van der Waals surface area contributed by atoms with Gasteiger partial charge in [0.15, 0.2) is 0 Å². The van der Waals surface area contributed by atoms with Gasteiger partial charge < -0.3 is 21.1 Å². The number of aliphatic hydroxyl groups is 1. The first-order chi connectivity index (χ1) is 13.3. The summed E-state index contributed by atoms with van der Waals surface area (Å²) in [6, 6.07) is 8.02. The van der Waals surface area contributed by atoms with Crippen molar-refractivity contribution in [2.75, 3.05) is 18.4 Å². The summed E-state index contributed by atoms with van der Waals surface area (Å²) in [6.07, 6.45) is 1.40. The zero-order valence-electron chi connectivity index (χ0n) is 17.1. The van der Waals surface area contributed by atoms with Gasteiger partial charge in [-0.3, -0.25) is 10.2 Å². The molecule has 0 fully saturated rings. The van der Waals surface area contributed by atoms with Crippen molar-refractivity contribution in [2.45, 2.75) is 52.7 Å². The molecule has 5 N–H and O–H groups in total. The highest BCUT2D eigenvalue weighted by Gasteiger charge is 2.16. The molecule has 0 spiro atoms. The molecule has 1 aromatic heterocycles. The molecule has 1 amide bonds. The number of anilines is 1. The SMILES string of the molecule is CCC(CCNc1nc2ccc(C)cc2cc1C(=O)NC(C)=N)NCC(C)O. The molecule has 0 bridgehead atoms. The summed E-state index contributed by atoms with van der Waals surface area (Å²) in [7, 11) is 0. The van der Waals surface area contributed by atoms with Crippen molar-refractivity contribution in [1.29, 1.82) is 5.41 Å². The predicted molar refractivity (Wildman–Crippen MR) is 114 cm³/mol. The fourth-order valence-electron chi connectivity index (χ4n) is 2.99. The number of amides is 1. The Morgan fingerprint density at radius 2 is 2.07 bits per heavy atom. The Labute approximate surface area is 166 Å². The minimum atomic E-state index is -0.382. The van der Waals surface area contributed by atoms with Crippen LogP contribution in [0.3, 0.4) is 0 Å². The molecule has 2 rings (SSSR count). The summed E-state index contributed by atoms with van der Waals surface area (Å²) in [5.74, 6) is 0.263. The second kappa shape index (κ2) is 10.1. The van der Waals surface area contributed by atoms with Crippen LogP contribution in [0.1, 0.15) is 49.5 Å². The highest BCUT2D eigenvalue weighted by Crippen LogP contribution is 2.22. The predicted octanol–water partition coefficient (Wildman–Crippen LogP) is 2.82. The fraction of sp³-hybridized carbons (Fsp3) is 0.476. The average Bonchev–Trinajstić information content (AvgIpc) is 2.63. The molecule has 7 heteroatoms. The molecule has 0 saturated carbocycles. The van der Waals surface area contributed by atoms with Crippen LogP contribution < -0.4 is 16.0 Å². The van der Waals surface area contributed by atoms with E-state index in [1.54, 1.807) is 6.92 Å². The lowest BCUT2D eigenvalue weighted by molar-refractivity contribution is 0.0977. The van der Waals surface area contributed by atoms with Gasteiger partial charge in [0.2, 0.25) is 0 Å². The maximum Gasteiger partial charge on any atom is 0.260 e. The third-order valence-corrected chi connectivity index (χ3v) is 4.50. The summed E-state index contributed by atoms with van der Waals surface area (Å²) < 4.78 is 0. The molecule has 2 unspecified atom stereocenters. The van der Waals surface area contributed by atoms with E-state index in [1.165, 1.54) is 6.92 Å². The van der Waals surface area contributed by atoms with Gasteiger partial charge in [-0.25, -0.2) is 4.98 Å². The van der Waals surface area contributed by atoms with Crippen LogP contribution in [0.5, 0.6) is 0 Å². The number of carbonyl (C=O) groups is 1. The van der Waals surface area contributed by atoms with Crippen molar-refractivity contribution in [2.24, 2.45) is 0 Å². The van der Waals surface area contributed by atoms with Gasteiger partial charge in [-0.15, -0.1) is 0 Å². The van der Waals surface area contributed by atoms with Crippen molar-refractivity contribution in [3.8, 4) is 0 Å². The van der Waals surface area contributed by atoms with Crippen LogP contribution >= 0.6 is 0 Å². The van der Waals surface area contributed by atoms with E-state index in [4.69, 9.17) is 5.41 Å². The minimum absolute atomic E-state index is 0.0914. The first-order valence-corrected chi connectivity index (χ1v) is 9.73. The summed E-state index contributed by atoms with van der Waals surface area (Å²) >= 11 is 0. The number of rotatable bonds is 9. The second-order valence-corrected chi connectivity index (χ2v) is 7.24. The molecule has 28 heavy (non-hydrogen) atoms. The molecule has 2 atom stereocenters. The Morgan fingerprint density at radius 3 is 2.71 bits per heavy atom. The summed E-state index contributed by atoms with van der Waals surface area (Å²) in [6.45, 7) is 8.58. The third-order valence-electron chi connectivity index (χ3n) is 4.50. The van der Waals surface area contributed by atoms with Gasteiger partial charge in [0.1, 0.15) is 5.82 Å². The quantitative estimate of drug-likeness (QED) is 0.337. The zero-order chi connectivity index (χ0) is 20.7. The number of carbonyl (C=O) groups excluding carboxylic acids is 1. The first kappa shape index (κ1) is 21.8. The number of aliphatic hydroxyl groups excluding tert-OH is 1. The molecular formula is C21H31N5O2. The lowest BCUT2D eigenvalue weighted by atomic mass is 10.1. The molecule has 7 nitrogen and oxygen atoms in total. The molecule has 1 aromatic carbocycles. The Morgan fingerprint density at radius 1 is 1.32 bits per heavy atom. The van der Waals surface area contributed by atoms with Crippen molar-refractivity contribution < 1.29 is 9.90 Å². The number of benzene rings is 1. The summed E-state index contributed by atoms with van der Waals surface area (Å²) in [4.78, 5) is 17.2. The van der Waals surface area contributed by atoms with Crippen LogP contribution in [0.4, 0.5) is 5.82 Å². The summed E-state index contributed by atoms with van der Waals surface area (Å²) in [5, 5.41) is 27.0. The highest BCUT2D eigenvalue weighted by molar-refractivity contribution is 6.09. The average molecular weight is 386 g/mol. The molecule has 152 valence electrons. The van der Waals surface area contributed by atoms with Gasteiger partial charge in [0, 0.05) is 24.5 Å². The smallest absolute Gasteiger partial charge is 0.260 e. The number of hydrogen-bond acceptors (Lipinski definition) is 6. The number of nitrogens with zero attached hydrogens (tertiary/aromatic N) is 1. The second-order valence-electron chi connectivity index (χ2n) is 7.24. The maximum atomic E-state index is 12.6. The largest absolute Gasteiger partial charge is 0.392 e. The number of aryl methyl sites for hydroxylation is 1. The van der Waals surface area contributed by atoms with E-state index < -0.39 is 0 Å². The van der Waals surface area contributed by atoms with Crippen molar-refractivity contribution in [3.05, 3.63) is 35.4 Å². The third kappa shape index (κ3) is 6.28. The molecule has 2 aromatic rings. The van der Waals surface area contributed by atoms with Crippen molar-refractivity contribution >= 4 is 28.5 Å². The van der Waals surface area contributed by atoms with Gasteiger partial charge in [0.05, 0.1) is 23.0 Å². The highest BCUT2D eigenvalue weighted by atomic mass is 16.3. The van der Waals surface area contributed by atoms with E-state index in [9.17, 15) is 9.90 Å². The number of amidine groups is 1. The lowest BCUT2D eigenvalue weighted by Gasteiger charge is -2.19. The lowest BCUT2D eigenvalue weighted by Crippen LogP contribution is -2.35. The molecule has 0 radical (unpaired) electrons. The van der Waals surface area contributed by atoms with Crippen LogP contribution in [0.2, 0.25) is 0 Å². The van der Waals surface area contributed by atoms with Gasteiger partial charge in [-0.05, 0) is 51.8 Å². The van der Waals surface area contributed by atoms with Crippen molar-refractivity contribution in [1.82, 2.24) is 15.6 Å². The topological polar surface area (TPSA) is 110 Å². The Kier molecular flexibility index (Phi) is 7.90. The molecular weight excluding hydrogens is 354 g/mol. The molecule has 0 aliphatic carbocycles. The zero-order valence-corrected chi connectivity index (χ0v) is 17.1. The van der Waals surface area contributed by atoms with Gasteiger partial charge in [0.25, 0.3) is 5.91 Å². The normalized spacial score (nSPS) is 13.2. The van der Waals surface area contributed by atoms with Crippen LogP contribution in [-0.2, 0) is 0 Å². The van der Waals surface area contributed by atoms with Gasteiger partial charge >= 0.3 is 0 Å². The van der Waals surface area contributed by atoms with Crippen LogP contribution in [-0.4, -0.2) is 47.1 Å². The van der Waals surface area contributed by atoms with E-state index >= 15 is 0 Å². The summed E-state index contributed by atoms with van der Waals surface area (Å²) in [5.41, 5.74) is 2.34. The van der Waals surface area contributed by atoms with Crippen LogP contribution in [0.25, 0.3) is 10.9 Å². The standard InChI is InChI=1S/C21H31N5O2/c1-5-17(24-12-14(3)27)8-9-23-20-18(21(28)25-15(4)22)11-16-10-13(2)6-7-19(16)26-20/h6-7,10-11,14,17,24,27H,5,8-9,12H2,1-4H3,(H,23,26)(H2,22,25,28). The number of fused-ring (bicyclic) bond motifs is 1. The number of hydrogen-bond donors (Lipinski definition) is 5. The number of aromatic nitrogens is 1. The van der Waals surface area contributed by atoms with Gasteiger partial charge in [-0.2, -0.15) is 0 Å². The van der Waals surface area contributed by atoms with E-state index in [1.807, 2.05) is 31.2 Å². The Hall–Kier alpha value is -2.51. The monoisotopic (exact) mass is 385 g/mol. The first-order valence-electron chi connectivity index (χ1n) is 9.73. The van der Waals surface area contributed by atoms with Crippen LogP contribution in [0, 0.1) is 12.3 Å². The van der Waals surface area contributed by atoms with Crippen LogP contribution in [0.15, 0.2) is 24.3 Å². The Balaban J connectivity index is 2.19. The van der Waals surface area contributed by atoms with E-state index in [0.29, 0.717) is 24.5 Å². The maximum absolute atomic E-state index is 12.6. The van der Waals surface area contributed by atoms with E-state index in [2.05, 4.69) is 27.9 Å². The van der Waals surface area contributed by atoms with E-state index in [0.717, 1.165) is 29.3 Å². The number of pyridine rings is 1. The minimum Gasteiger partial charge on any atom is -0.392 e. The Bertz CT molecular complexity index is 835.